The van der Waals surface area contributed by atoms with Gasteiger partial charge >= 0.3 is 5.97 Å². The zero-order valence-electron chi connectivity index (χ0n) is 14.5. The molecule has 2 atom stereocenters. The largest absolute Gasteiger partial charge is 0.480 e. The number of carboxylic acid groups (broad SMARTS) is 1. The first-order valence-corrected chi connectivity index (χ1v) is 8.57. The van der Waals surface area contributed by atoms with Crippen LogP contribution in [-0.4, -0.2) is 73.7 Å². The van der Waals surface area contributed by atoms with Crippen LogP contribution in [0.15, 0.2) is 18.6 Å². The highest BCUT2D eigenvalue weighted by Gasteiger charge is 2.36. The summed E-state index contributed by atoms with van der Waals surface area (Å²) in [6, 6.07) is 0.178. The van der Waals surface area contributed by atoms with Gasteiger partial charge in [-0.05, 0) is 6.42 Å². The Balaban J connectivity index is 1.40. The molecule has 4 heterocycles. The minimum atomic E-state index is -0.912. The number of hydrogen-bond donors (Lipinski definition) is 1. The van der Waals surface area contributed by atoms with Crippen LogP contribution in [-0.2, 0) is 22.7 Å². The molecule has 1 saturated heterocycles. The molecule has 0 spiro atoms. The summed E-state index contributed by atoms with van der Waals surface area (Å²) in [5, 5.41) is 17.1. The number of likely N-dealkylation sites (tertiary alicyclic amines) is 1. The van der Waals surface area contributed by atoms with Crippen molar-refractivity contribution in [2.45, 2.75) is 31.7 Å². The molecule has 138 valence electrons. The highest BCUT2D eigenvalue weighted by atomic mass is 16.5. The number of piperidine rings is 1. The number of ether oxygens (including phenoxy) is 1. The van der Waals surface area contributed by atoms with E-state index in [1.807, 2.05) is 4.68 Å². The molecule has 2 aliphatic rings. The van der Waals surface area contributed by atoms with Gasteiger partial charge in [-0.15, -0.1) is 5.10 Å². The summed E-state index contributed by atoms with van der Waals surface area (Å²) >= 11 is 0. The van der Waals surface area contributed by atoms with Gasteiger partial charge in [0.25, 0.3) is 0 Å². The van der Waals surface area contributed by atoms with Crippen molar-refractivity contribution in [3.05, 3.63) is 29.8 Å². The average Bonchev–Trinajstić information content (AvgIpc) is 3.11. The smallest absolute Gasteiger partial charge is 0.323 e. The number of rotatable bonds is 5. The number of aliphatic carboxylic acids is 1. The van der Waals surface area contributed by atoms with Crippen molar-refractivity contribution in [3.63, 3.8) is 0 Å². The summed E-state index contributed by atoms with van der Waals surface area (Å²) in [5.74, 6) is -0.506. The minimum absolute atomic E-state index is 0.130. The molecule has 0 radical (unpaired) electrons. The molecule has 1 fully saturated rings. The molecule has 0 saturated carbocycles. The molecular weight excluding hydrogens is 338 g/mol. The number of likely N-dealkylation sites (N-methyl/N-ethyl adjacent to an activating group) is 1. The number of nitrogens with zero attached hydrogens (tertiary/aromatic N) is 7. The maximum Gasteiger partial charge on any atom is 0.323 e. The normalized spacial score (nSPS) is 22.5. The minimum Gasteiger partial charge on any atom is -0.480 e. The van der Waals surface area contributed by atoms with Gasteiger partial charge in [0, 0.05) is 44.6 Å². The van der Waals surface area contributed by atoms with Crippen LogP contribution in [0.5, 0.6) is 0 Å². The van der Waals surface area contributed by atoms with E-state index in [-0.39, 0.29) is 18.7 Å². The first-order chi connectivity index (χ1) is 12.6. The third kappa shape index (κ3) is 3.37. The number of aromatic nitrogens is 5. The van der Waals surface area contributed by atoms with Crippen molar-refractivity contribution in [1.82, 2.24) is 29.9 Å². The zero-order chi connectivity index (χ0) is 18.1. The molecule has 2 aromatic rings. The molecule has 0 aliphatic carbocycles. The number of carbonyl (C=O) groups is 1. The molecule has 0 amide bonds. The van der Waals surface area contributed by atoms with Crippen LogP contribution in [0.25, 0.3) is 0 Å². The van der Waals surface area contributed by atoms with Crippen LogP contribution in [0.2, 0.25) is 0 Å². The number of fused-ring (bicyclic) bond motifs is 3. The maximum atomic E-state index is 10.8. The van der Waals surface area contributed by atoms with Crippen LogP contribution in [0.4, 0.5) is 5.95 Å². The van der Waals surface area contributed by atoms with E-state index < -0.39 is 5.97 Å². The SMILES string of the molecule is CN(CC(=O)O)c1ncc(CN2CC[C@H]3OCc4cnnn4[C@H]3C2)cn1. The van der Waals surface area contributed by atoms with E-state index in [2.05, 4.69) is 25.2 Å². The molecule has 10 nitrogen and oxygen atoms in total. The number of carboxylic acids is 1. The van der Waals surface area contributed by atoms with E-state index in [0.717, 1.165) is 37.3 Å². The molecule has 0 unspecified atom stereocenters. The summed E-state index contributed by atoms with van der Waals surface area (Å²) in [4.78, 5) is 23.2. The Labute approximate surface area is 150 Å². The Morgan fingerprint density at radius 2 is 2.19 bits per heavy atom. The molecule has 2 aliphatic heterocycles. The van der Waals surface area contributed by atoms with E-state index in [9.17, 15) is 4.79 Å². The van der Waals surface area contributed by atoms with Gasteiger partial charge in [-0.1, -0.05) is 5.21 Å². The first kappa shape index (κ1) is 16.9. The Morgan fingerprint density at radius 1 is 1.38 bits per heavy atom. The van der Waals surface area contributed by atoms with Crippen molar-refractivity contribution in [2.75, 3.05) is 31.6 Å². The lowest BCUT2D eigenvalue weighted by atomic mass is 10.00. The van der Waals surface area contributed by atoms with Gasteiger partial charge in [-0.25, -0.2) is 14.6 Å². The van der Waals surface area contributed by atoms with Crippen LogP contribution in [0.3, 0.4) is 0 Å². The number of anilines is 1. The van der Waals surface area contributed by atoms with Gasteiger partial charge in [0.05, 0.1) is 30.6 Å². The van der Waals surface area contributed by atoms with Crippen molar-refractivity contribution in [2.24, 2.45) is 0 Å². The Bertz CT molecular complexity index is 778. The van der Waals surface area contributed by atoms with E-state index in [4.69, 9.17) is 9.84 Å². The van der Waals surface area contributed by atoms with Gasteiger partial charge < -0.3 is 14.7 Å². The lowest BCUT2D eigenvalue weighted by Gasteiger charge is -2.41. The van der Waals surface area contributed by atoms with Crippen LogP contribution >= 0.6 is 0 Å². The predicted molar refractivity (Wildman–Crippen MR) is 90.5 cm³/mol. The van der Waals surface area contributed by atoms with E-state index in [0.29, 0.717) is 12.6 Å². The number of hydrogen-bond acceptors (Lipinski definition) is 8. The third-order valence-electron chi connectivity index (χ3n) is 4.82. The second-order valence-corrected chi connectivity index (χ2v) is 6.75. The summed E-state index contributed by atoms with van der Waals surface area (Å²) < 4.78 is 7.92. The second kappa shape index (κ2) is 6.96. The topological polar surface area (TPSA) is 110 Å². The van der Waals surface area contributed by atoms with Crippen molar-refractivity contribution < 1.29 is 14.6 Å². The molecule has 0 bridgehead atoms. The summed E-state index contributed by atoms with van der Waals surface area (Å²) in [5.41, 5.74) is 2.01. The van der Waals surface area contributed by atoms with Gasteiger partial charge in [0.15, 0.2) is 0 Å². The average molecular weight is 359 g/mol. The first-order valence-electron chi connectivity index (χ1n) is 8.57. The van der Waals surface area contributed by atoms with E-state index in [1.54, 1.807) is 25.6 Å². The van der Waals surface area contributed by atoms with E-state index in [1.165, 1.54) is 4.90 Å². The molecule has 2 aromatic heterocycles. The van der Waals surface area contributed by atoms with Crippen LogP contribution in [0.1, 0.15) is 23.7 Å². The Morgan fingerprint density at radius 3 is 2.96 bits per heavy atom. The van der Waals surface area contributed by atoms with E-state index >= 15 is 0 Å². The van der Waals surface area contributed by atoms with Gasteiger partial charge in [-0.3, -0.25) is 9.69 Å². The lowest BCUT2D eigenvalue weighted by Crippen LogP contribution is -2.47. The van der Waals surface area contributed by atoms with Crippen LogP contribution < -0.4 is 4.90 Å². The standard InChI is InChI=1S/C16H21N7O3/c1-21(9-15(24)25)16-17-4-11(5-18-16)7-22-3-2-14-13(8-22)23-12(10-26-14)6-19-20-23/h4-6,13-14H,2-3,7-10H2,1H3,(H,24,25)/t13-,14+/m0/s1. The fourth-order valence-corrected chi connectivity index (χ4v) is 3.55. The second-order valence-electron chi connectivity index (χ2n) is 6.75. The van der Waals surface area contributed by atoms with Gasteiger partial charge in [0.2, 0.25) is 5.95 Å². The molecular formula is C16H21N7O3. The molecule has 26 heavy (non-hydrogen) atoms. The molecule has 0 aromatic carbocycles. The predicted octanol–water partition coefficient (Wildman–Crippen LogP) is -0.0653. The fourth-order valence-electron chi connectivity index (χ4n) is 3.55. The summed E-state index contributed by atoms with van der Waals surface area (Å²) in [7, 11) is 1.66. The molecule has 1 N–H and O–H groups in total. The zero-order valence-corrected chi connectivity index (χ0v) is 14.5. The molecule has 4 rings (SSSR count). The Hall–Kier alpha value is -2.59. The maximum absolute atomic E-state index is 10.8. The fraction of sp³-hybridized carbons (Fsp3) is 0.562. The summed E-state index contributed by atoms with van der Waals surface area (Å²) in [6.07, 6.45) is 6.40. The van der Waals surface area contributed by atoms with Gasteiger partial charge in [-0.2, -0.15) is 0 Å². The molecule has 10 heteroatoms. The monoisotopic (exact) mass is 359 g/mol. The lowest BCUT2D eigenvalue weighted by molar-refractivity contribution is -0.135. The van der Waals surface area contributed by atoms with Gasteiger partial charge in [0.1, 0.15) is 6.54 Å². The summed E-state index contributed by atoms with van der Waals surface area (Å²) in [6.45, 7) is 2.95. The Kier molecular flexibility index (Phi) is 4.51. The highest BCUT2D eigenvalue weighted by Crippen LogP contribution is 2.30. The van der Waals surface area contributed by atoms with Crippen molar-refractivity contribution in [1.29, 1.82) is 0 Å². The van der Waals surface area contributed by atoms with Crippen LogP contribution in [0, 0.1) is 0 Å². The third-order valence-corrected chi connectivity index (χ3v) is 4.82. The quantitative estimate of drug-likeness (QED) is 0.784. The highest BCUT2D eigenvalue weighted by molar-refractivity contribution is 5.72. The van der Waals surface area contributed by atoms with Crippen molar-refractivity contribution >= 4 is 11.9 Å². The van der Waals surface area contributed by atoms with Crippen molar-refractivity contribution in [3.8, 4) is 0 Å².